The van der Waals surface area contributed by atoms with Gasteiger partial charge in [-0.25, -0.2) is 17.9 Å². The predicted molar refractivity (Wildman–Crippen MR) is 82.5 cm³/mol. The Labute approximate surface area is 128 Å². The molecule has 1 aliphatic rings. The van der Waals surface area contributed by atoms with Crippen LogP contribution in [0.5, 0.6) is 0 Å². The predicted octanol–water partition coefficient (Wildman–Crippen LogP) is 1.89. The third-order valence-electron chi connectivity index (χ3n) is 3.79. The minimum Gasteiger partial charge on any atom is -0.477 e. The van der Waals surface area contributed by atoms with E-state index in [2.05, 4.69) is 9.71 Å². The van der Waals surface area contributed by atoms with Crippen LogP contribution < -0.4 is 4.72 Å². The van der Waals surface area contributed by atoms with Crippen LogP contribution in [-0.4, -0.2) is 41.5 Å². The Bertz CT molecular complexity index is 658. The molecule has 1 saturated heterocycles. The summed E-state index contributed by atoms with van der Waals surface area (Å²) in [6.45, 7) is 5.48. The molecule has 0 aromatic carbocycles. The fourth-order valence-corrected chi connectivity index (χ4v) is 5.59. The summed E-state index contributed by atoms with van der Waals surface area (Å²) in [5.74, 6) is -0.112. The first-order valence-corrected chi connectivity index (χ1v) is 9.19. The number of carboxylic acids is 1. The normalized spacial score (nSPS) is 22.6. The molecule has 0 bridgehead atoms. The average Bonchev–Trinajstić information content (AvgIpc) is 2.92. The van der Waals surface area contributed by atoms with Gasteiger partial charge in [0.25, 0.3) is 0 Å². The number of aromatic amines is 1. The van der Waals surface area contributed by atoms with Gasteiger partial charge in [-0.05, 0) is 39.4 Å². The molecule has 0 spiro atoms. The minimum absolute atomic E-state index is 0.0477. The highest BCUT2D eigenvalue weighted by Gasteiger charge is 2.33. The van der Waals surface area contributed by atoms with Gasteiger partial charge in [0.1, 0.15) is 10.6 Å². The summed E-state index contributed by atoms with van der Waals surface area (Å²) in [4.78, 5) is 13.8. The van der Waals surface area contributed by atoms with E-state index in [4.69, 9.17) is 5.11 Å². The van der Waals surface area contributed by atoms with Crippen molar-refractivity contribution < 1.29 is 18.3 Å². The molecule has 6 nitrogen and oxygen atoms in total. The van der Waals surface area contributed by atoms with Crippen LogP contribution in [0.1, 0.15) is 41.5 Å². The molecule has 21 heavy (non-hydrogen) atoms. The Morgan fingerprint density at radius 2 is 2.14 bits per heavy atom. The number of aromatic nitrogens is 1. The van der Waals surface area contributed by atoms with Crippen LogP contribution in [-0.2, 0) is 10.0 Å². The van der Waals surface area contributed by atoms with Crippen LogP contribution in [0, 0.1) is 13.8 Å². The number of nitrogens with one attached hydrogen (secondary N) is 2. The molecule has 2 heterocycles. The number of aromatic carboxylic acids is 1. The van der Waals surface area contributed by atoms with E-state index in [-0.39, 0.29) is 20.9 Å². The zero-order chi connectivity index (χ0) is 15.8. The molecule has 1 unspecified atom stereocenters. The van der Waals surface area contributed by atoms with Crippen LogP contribution in [0.25, 0.3) is 0 Å². The molecule has 0 radical (unpaired) electrons. The standard InChI is InChI=1S/C13H20N2O4S2/c1-8-10(12(16)17)15-9(2)11(8)21(18,19)14-7-13(3)5-4-6-20-13/h14-15H,4-7H2,1-3H3,(H,16,17). The topological polar surface area (TPSA) is 99.3 Å². The number of hydrogen-bond acceptors (Lipinski definition) is 4. The lowest BCUT2D eigenvalue weighted by molar-refractivity contribution is 0.0690. The number of hydrogen-bond donors (Lipinski definition) is 3. The summed E-state index contributed by atoms with van der Waals surface area (Å²) in [6, 6.07) is 0. The van der Waals surface area contributed by atoms with Crippen molar-refractivity contribution in [1.82, 2.24) is 9.71 Å². The highest BCUT2D eigenvalue weighted by molar-refractivity contribution is 8.01. The van der Waals surface area contributed by atoms with E-state index in [9.17, 15) is 13.2 Å². The summed E-state index contributed by atoms with van der Waals surface area (Å²) in [6.07, 6.45) is 2.07. The Balaban J connectivity index is 2.26. The second-order valence-corrected chi connectivity index (χ2v) is 9.00. The van der Waals surface area contributed by atoms with E-state index in [1.807, 2.05) is 6.92 Å². The quantitative estimate of drug-likeness (QED) is 0.765. The Hall–Kier alpha value is -0.990. The number of H-pyrrole nitrogens is 1. The second kappa shape index (κ2) is 5.66. The largest absolute Gasteiger partial charge is 0.477 e. The van der Waals surface area contributed by atoms with Gasteiger partial charge in [-0.15, -0.1) is 0 Å². The number of carbonyl (C=O) groups is 1. The monoisotopic (exact) mass is 332 g/mol. The van der Waals surface area contributed by atoms with Gasteiger partial charge >= 0.3 is 5.97 Å². The van der Waals surface area contributed by atoms with Crippen LogP contribution in [0.2, 0.25) is 0 Å². The molecule has 118 valence electrons. The Morgan fingerprint density at radius 3 is 2.62 bits per heavy atom. The number of rotatable bonds is 5. The third-order valence-corrected chi connectivity index (χ3v) is 7.00. The smallest absolute Gasteiger partial charge is 0.352 e. The lowest BCUT2D eigenvalue weighted by atomic mass is 10.1. The number of aryl methyl sites for hydroxylation is 1. The molecular formula is C13H20N2O4S2. The summed E-state index contributed by atoms with van der Waals surface area (Å²) in [5.41, 5.74) is 0.521. The Morgan fingerprint density at radius 1 is 1.48 bits per heavy atom. The molecule has 0 amide bonds. The van der Waals surface area contributed by atoms with E-state index < -0.39 is 16.0 Å². The fourth-order valence-electron chi connectivity index (χ4n) is 2.65. The number of sulfonamides is 1. The van der Waals surface area contributed by atoms with E-state index in [1.54, 1.807) is 18.7 Å². The van der Waals surface area contributed by atoms with Crippen molar-refractivity contribution in [1.29, 1.82) is 0 Å². The van der Waals surface area contributed by atoms with Crippen LogP contribution >= 0.6 is 11.8 Å². The van der Waals surface area contributed by atoms with Crippen molar-refractivity contribution in [3.05, 3.63) is 17.0 Å². The average molecular weight is 332 g/mol. The van der Waals surface area contributed by atoms with Gasteiger partial charge < -0.3 is 10.1 Å². The van der Waals surface area contributed by atoms with Gasteiger partial charge in [0.05, 0.1) is 0 Å². The molecule has 1 aromatic heterocycles. The molecule has 2 rings (SSSR count). The van der Waals surface area contributed by atoms with Crippen molar-refractivity contribution in [3.8, 4) is 0 Å². The van der Waals surface area contributed by atoms with Gasteiger partial charge in [-0.1, -0.05) is 0 Å². The van der Waals surface area contributed by atoms with E-state index >= 15 is 0 Å². The van der Waals surface area contributed by atoms with Gasteiger partial charge in [-0.3, -0.25) is 0 Å². The molecule has 8 heteroatoms. The van der Waals surface area contributed by atoms with Gasteiger partial charge in [0.2, 0.25) is 10.0 Å². The summed E-state index contributed by atoms with van der Waals surface area (Å²) < 4.78 is 27.5. The molecule has 3 N–H and O–H groups in total. The van der Waals surface area contributed by atoms with Gasteiger partial charge in [0, 0.05) is 22.5 Å². The first kappa shape index (κ1) is 16.4. The van der Waals surface area contributed by atoms with Crippen LogP contribution in [0.4, 0.5) is 0 Å². The highest BCUT2D eigenvalue weighted by Crippen LogP contribution is 2.37. The summed E-state index contributed by atoms with van der Waals surface area (Å²) in [5, 5.41) is 9.06. The molecule has 1 fully saturated rings. The maximum absolute atomic E-state index is 12.5. The summed E-state index contributed by atoms with van der Waals surface area (Å²) in [7, 11) is -3.72. The van der Waals surface area contributed by atoms with Crippen LogP contribution in [0.15, 0.2) is 4.90 Å². The second-order valence-electron chi connectivity index (χ2n) is 5.61. The number of carboxylic acid groups (broad SMARTS) is 1. The van der Waals surface area contributed by atoms with E-state index in [0.717, 1.165) is 18.6 Å². The van der Waals surface area contributed by atoms with Crippen molar-refractivity contribution in [2.45, 2.75) is 43.3 Å². The first-order valence-electron chi connectivity index (χ1n) is 6.72. The highest BCUT2D eigenvalue weighted by atomic mass is 32.2. The molecule has 1 atom stereocenters. The zero-order valence-corrected chi connectivity index (χ0v) is 13.9. The first-order chi connectivity index (χ1) is 9.66. The fraction of sp³-hybridized carbons (Fsp3) is 0.615. The molecule has 0 saturated carbocycles. The van der Waals surface area contributed by atoms with Crippen molar-refractivity contribution in [2.75, 3.05) is 12.3 Å². The SMILES string of the molecule is Cc1[nH]c(C(=O)O)c(C)c1S(=O)(=O)NCC1(C)CCCS1. The lowest BCUT2D eigenvalue weighted by Gasteiger charge is -2.22. The molecule has 1 aliphatic heterocycles. The maximum atomic E-state index is 12.5. The van der Waals surface area contributed by atoms with Gasteiger partial charge in [0.15, 0.2) is 0 Å². The number of thioether (sulfide) groups is 1. The Kier molecular flexibility index (Phi) is 4.41. The molecule has 1 aromatic rings. The van der Waals surface area contributed by atoms with Gasteiger partial charge in [-0.2, -0.15) is 11.8 Å². The van der Waals surface area contributed by atoms with E-state index in [0.29, 0.717) is 12.2 Å². The van der Waals surface area contributed by atoms with Crippen molar-refractivity contribution in [2.24, 2.45) is 0 Å². The van der Waals surface area contributed by atoms with E-state index in [1.165, 1.54) is 6.92 Å². The van der Waals surface area contributed by atoms with Crippen molar-refractivity contribution in [3.63, 3.8) is 0 Å². The van der Waals surface area contributed by atoms with Crippen molar-refractivity contribution >= 4 is 27.8 Å². The lowest BCUT2D eigenvalue weighted by Crippen LogP contribution is -2.37. The maximum Gasteiger partial charge on any atom is 0.352 e. The van der Waals surface area contributed by atoms with Crippen LogP contribution in [0.3, 0.4) is 0 Å². The zero-order valence-electron chi connectivity index (χ0n) is 12.3. The summed E-state index contributed by atoms with van der Waals surface area (Å²) >= 11 is 1.77. The molecule has 0 aliphatic carbocycles. The molecular weight excluding hydrogens is 312 g/mol. The third kappa shape index (κ3) is 3.27. The minimum atomic E-state index is -3.72.